The number of pyridine rings is 2. The molecule has 2 aliphatic heterocycles. The lowest BCUT2D eigenvalue weighted by molar-refractivity contribution is -0.188. The van der Waals surface area contributed by atoms with Crippen molar-refractivity contribution < 1.29 is 38.1 Å². The van der Waals surface area contributed by atoms with Gasteiger partial charge in [0.25, 0.3) is 5.56 Å². The number of nitrogens with one attached hydrogen (secondary N) is 1. The molecule has 1 N–H and O–H groups in total. The number of amides is 1. The fourth-order valence-electron chi connectivity index (χ4n) is 6.65. The second kappa shape index (κ2) is 12.6. The van der Waals surface area contributed by atoms with Gasteiger partial charge in [0.05, 0.1) is 29.0 Å². The number of esters is 3. The van der Waals surface area contributed by atoms with E-state index in [9.17, 15) is 24.0 Å². The normalized spacial score (nSPS) is 17.2. The highest BCUT2D eigenvalue weighted by molar-refractivity contribution is 8.32. The molecule has 5 rings (SSSR count). The van der Waals surface area contributed by atoms with E-state index >= 15 is 0 Å². The first-order chi connectivity index (χ1) is 22.4. The Balaban J connectivity index is 1.65. The first-order valence-electron chi connectivity index (χ1n) is 15.9. The van der Waals surface area contributed by atoms with Gasteiger partial charge < -0.3 is 28.8 Å². The van der Waals surface area contributed by atoms with E-state index in [1.165, 1.54) is 6.92 Å². The second-order valence-corrected chi connectivity index (χ2v) is 17.9. The van der Waals surface area contributed by atoms with Crippen molar-refractivity contribution in [1.29, 1.82) is 0 Å². The third-order valence-electron chi connectivity index (χ3n) is 8.20. The number of cyclic esters (lactones) is 1. The minimum Gasteiger partial charge on any atom is -0.457 e. The predicted molar refractivity (Wildman–Crippen MR) is 181 cm³/mol. The van der Waals surface area contributed by atoms with E-state index < -0.39 is 51.8 Å². The lowest BCUT2D eigenvalue weighted by Crippen LogP contribution is -2.49. The number of alkyl carbamates (subject to hydrolysis) is 1. The number of aromatic nitrogens is 2. The summed E-state index contributed by atoms with van der Waals surface area (Å²) < 4.78 is 23.5. The molecule has 0 unspecified atom stereocenters. The van der Waals surface area contributed by atoms with Crippen LogP contribution in [0.15, 0.2) is 34.0 Å². The Hall–Kier alpha value is -4.39. The van der Waals surface area contributed by atoms with E-state index in [0.717, 1.165) is 21.6 Å². The van der Waals surface area contributed by atoms with Gasteiger partial charge in [-0.25, -0.2) is 24.6 Å². The van der Waals surface area contributed by atoms with Crippen LogP contribution in [0.25, 0.3) is 22.3 Å². The summed E-state index contributed by atoms with van der Waals surface area (Å²) in [6, 6.07) is 7.04. The number of benzene rings is 1. The zero-order valence-corrected chi connectivity index (χ0v) is 29.7. The lowest BCUT2D eigenvalue weighted by Gasteiger charge is -2.36. The Bertz CT molecular complexity index is 1910. The summed E-state index contributed by atoms with van der Waals surface area (Å²) in [6.45, 7) is 11.8. The van der Waals surface area contributed by atoms with Crippen molar-refractivity contribution in [2.75, 3.05) is 24.8 Å². The molecular weight excluding hydrogens is 638 g/mol. The topological polar surface area (TPSA) is 152 Å². The average Bonchev–Trinajstić information content (AvgIpc) is 3.32. The number of rotatable bonds is 8. The van der Waals surface area contributed by atoms with Crippen LogP contribution in [-0.4, -0.2) is 64.0 Å². The Labute approximate surface area is 280 Å². The Morgan fingerprint density at radius 3 is 2.46 bits per heavy atom. The van der Waals surface area contributed by atoms with E-state index in [4.69, 9.17) is 23.9 Å². The van der Waals surface area contributed by atoms with Crippen LogP contribution in [0.1, 0.15) is 71.6 Å². The second-order valence-electron chi connectivity index (χ2n) is 14.0. The molecule has 1 amide bonds. The monoisotopic (exact) mass is 681 g/mol. The van der Waals surface area contributed by atoms with Gasteiger partial charge in [-0.15, -0.1) is 0 Å². The summed E-state index contributed by atoms with van der Waals surface area (Å²) in [5.74, 6) is -0.432. The molecule has 0 spiro atoms. The maximum absolute atomic E-state index is 14.2. The number of hydrogen-bond acceptors (Lipinski definition) is 10. The predicted octanol–water partition coefficient (Wildman–Crippen LogP) is 5.16. The van der Waals surface area contributed by atoms with E-state index in [2.05, 4.69) is 31.7 Å². The molecule has 1 aromatic carbocycles. The number of hydrogen-bond donors (Lipinski definition) is 1. The van der Waals surface area contributed by atoms with Crippen LogP contribution in [0.4, 0.5) is 4.79 Å². The first kappa shape index (κ1) is 34.9. The molecule has 0 saturated carbocycles. The molecule has 0 aliphatic carbocycles. The van der Waals surface area contributed by atoms with Crippen LogP contribution in [-0.2, 0) is 47.3 Å². The van der Waals surface area contributed by atoms with Gasteiger partial charge in [-0.05, 0) is 75.6 Å². The Morgan fingerprint density at radius 1 is 1.12 bits per heavy atom. The zero-order chi connectivity index (χ0) is 35.3. The molecular formula is C35H43N3O9S. The molecule has 3 aromatic rings. The summed E-state index contributed by atoms with van der Waals surface area (Å²) in [5, 5.41) is 3.20. The molecule has 2 aromatic heterocycles. The number of carbonyl (C=O) groups is 4. The van der Waals surface area contributed by atoms with Gasteiger partial charge in [-0.2, -0.15) is 0 Å². The largest absolute Gasteiger partial charge is 0.457 e. The molecule has 258 valence electrons. The summed E-state index contributed by atoms with van der Waals surface area (Å²) in [7, 11) is -1.47. The number of carbonyl (C=O) groups excluding carboxylic acids is 4. The molecule has 4 heterocycles. The van der Waals surface area contributed by atoms with Crippen molar-refractivity contribution in [3.63, 3.8) is 0 Å². The minimum absolute atomic E-state index is 0.0202. The first-order valence-corrected chi connectivity index (χ1v) is 18.5. The molecule has 0 fully saturated rings. The number of fused-ring (bicyclic) bond motifs is 5. The third kappa shape index (κ3) is 6.52. The van der Waals surface area contributed by atoms with Crippen LogP contribution in [0.3, 0.4) is 0 Å². The quantitative estimate of drug-likeness (QED) is 0.150. The van der Waals surface area contributed by atoms with Gasteiger partial charge in [0.2, 0.25) is 5.60 Å². The SMILES string of the molecule is CC[C@@]1(OC(=O)CNC(=O)OC(C)(C)C)C(=O)OCc2c1cc1n(c2=O)Cc2c-1nc1ccc(OC(C)=O)cc1c2S(C)(C)CC(C)C. The zero-order valence-electron chi connectivity index (χ0n) is 28.9. The van der Waals surface area contributed by atoms with E-state index in [1.807, 2.05) is 6.07 Å². The Morgan fingerprint density at radius 2 is 1.83 bits per heavy atom. The summed E-state index contributed by atoms with van der Waals surface area (Å²) in [6.07, 6.45) is 3.63. The van der Waals surface area contributed by atoms with Crippen molar-refractivity contribution in [3.8, 4) is 17.1 Å². The van der Waals surface area contributed by atoms with Gasteiger partial charge in [0.1, 0.15) is 24.5 Å². The summed E-state index contributed by atoms with van der Waals surface area (Å²) in [4.78, 5) is 70.8. The van der Waals surface area contributed by atoms with Gasteiger partial charge in [0.15, 0.2) is 0 Å². The molecule has 2 aliphatic rings. The highest BCUT2D eigenvalue weighted by Gasteiger charge is 2.50. The molecule has 48 heavy (non-hydrogen) atoms. The third-order valence-corrected chi connectivity index (χ3v) is 11.3. The van der Waals surface area contributed by atoms with E-state index in [-0.39, 0.29) is 36.3 Å². The molecule has 12 nitrogen and oxygen atoms in total. The number of ether oxygens (including phenoxy) is 4. The highest BCUT2D eigenvalue weighted by Crippen LogP contribution is 2.57. The number of nitrogens with zero attached hydrogens (tertiary/aromatic N) is 2. The average molecular weight is 682 g/mol. The van der Waals surface area contributed by atoms with E-state index in [1.54, 1.807) is 50.5 Å². The van der Waals surface area contributed by atoms with Crippen LogP contribution in [0.2, 0.25) is 0 Å². The van der Waals surface area contributed by atoms with E-state index in [0.29, 0.717) is 28.6 Å². The van der Waals surface area contributed by atoms with Gasteiger partial charge in [-0.1, -0.05) is 20.8 Å². The highest BCUT2D eigenvalue weighted by atomic mass is 32.3. The minimum atomic E-state index is -1.92. The molecule has 1 atom stereocenters. The maximum Gasteiger partial charge on any atom is 0.408 e. The van der Waals surface area contributed by atoms with Crippen LogP contribution >= 0.6 is 10.0 Å². The van der Waals surface area contributed by atoms with Crippen molar-refractivity contribution >= 4 is 44.9 Å². The van der Waals surface area contributed by atoms with Gasteiger partial charge >= 0.3 is 24.0 Å². The Kier molecular flexibility index (Phi) is 9.15. The van der Waals surface area contributed by atoms with Crippen LogP contribution in [0, 0.1) is 5.92 Å². The lowest BCUT2D eigenvalue weighted by atomic mass is 9.85. The van der Waals surface area contributed by atoms with Crippen molar-refractivity contribution in [2.24, 2.45) is 5.92 Å². The molecule has 13 heteroatoms. The van der Waals surface area contributed by atoms with Gasteiger partial charge in [-0.3, -0.25) is 14.4 Å². The summed E-state index contributed by atoms with van der Waals surface area (Å²) in [5.41, 5.74) is 0.0218. The smallest absolute Gasteiger partial charge is 0.408 e. The summed E-state index contributed by atoms with van der Waals surface area (Å²) >= 11 is 0. The molecule has 0 radical (unpaired) electrons. The fraction of sp³-hybridized carbons (Fsp3) is 0.486. The van der Waals surface area contributed by atoms with Crippen LogP contribution in [0.5, 0.6) is 5.75 Å². The van der Waals surface area contributed by atoms with Crippen molar-refractivity contribution in [1.82, 2.24) is 14.9 Å². The van der Waals surface area contributed by atoms with Crippen molar-refractivity contribution in [2.45, 2.75) is 84.1 Å². The van der Waals surface area contributed by atoms with Crippen LogP contribution < -0.4 is 15.6 Å². The fourth-order valence-corrected chi connectivity index (χ4v) is 10.1. The standard InChI is InChI=1S/C35H43N3O9S/c1-10-35(46-28(40)15-36-33(43)47-34(5,6)7)25-14-27-29-23(16-38(27)31(41)24(25)17-44-32(35)42)30(48(8,9)18-19(2)3)22-13-21(45-20(4)39)11-12-26(22)37-29/h11-14,19H,10,15-18H2,1-9H3,(H,36,43)/t35-/m0/s1. The van der Waals surface area contributed by atoms with Gasteiger partial charge in [0, 0.05) is 28.3 Å². The van der Waals surface area contributed by atoms with Crippen molar-refractivity contribution in [3.05, 3.63) is 51.3 Å². The maximum atomic E-state index is 14.2. The molecule has 0 saturated heterocycles. The molecule has 0 bridgehead atoms.